The highest BCUT2D eigenvalue weighted by Crippen LogP contribution is 2.28. The van der Waals surface area contributed by atoms with Crippen molar-refractivity contribution in [2.45, 2.75) is 0 Å². The molecule has 0 saturated heterocycles. The van der Waals surface area contributed by atoms with Crippen LogP contribution in [0.3, 0.4) is 0 Å². The van der Waals surface area contributed by atoms with E-state index in [9.17, 15) is 19.7 Å². The number of benzene rings is 1. The molecule has 0 spiro atoms. The van der Waals surface area contributed by atoms with Gasteiger partial charge in [0.2, 0.25) is 0 Å². The van der Waals surface area contributed by atoms with Gasteiger partial charge in [-0.05, 0) is 18.2 Å². The number of anilines is 1. The third kappa shape index (κ3) is 4.64. The van der Waals surface area contributed by atoms with Crippen molar-refractivity contribution in [1.29, 1.82) is 0 Å². The highest BCUT2D eigenvalue weighted by atomic mass is 35.5. The Morgan fingerprint density at radius 1 is 1.36 bits per heavy atom. The number of methoxy groups -OCH3 is 1. The quantitative estimate of drug-likeness (QED) is 0.361. The van der Waals surface area contributed by atoms with Crippen LogP contribution in [0.15, 0.2) is 36.5 Å². The van der Waals surface area contributed by atoms with Gasteiger partial charge in [0, 0.05) is 18.3 Å². The van der Waals surface area contributed by atoms with E-state index in [-0.39, 0.29) is 27.8 Å². The Hall–Kier alpha value is -3.20. The van der Waals surface area contributed by atoms with Gasteiger partial charge in [0.05, 0.1) is 23.3 Å². The summed E-state index contributed by atoms with van der Waals surface area (Å²) in [6.45, 7) is -0.615. The largest absolute Gasteiger partial charge is 0.495 e. The maximum atomic E-state index is 11.9. The second-order valence-electron chi connectivity index (χ2n) is 4.61. The first kappa shape index (κ1) is 18.1. The molecule has 10 heteroatoms. The zero-order valence-electron chi connectivity index (χ0n) is 12.9. The van der Waals surface area contributed by atoms with Gasteiger partial charge in [0.15, 0.2) is 6.61 Å². The topological polar surface area (TPSA) is 121 Å². The molecule has 2 rings (SSSR count). The second-order valence-corrected chi connectivity index (χ2v) is 4.97. The third-order valence-corrected chi connectivity index (χ3v) is 3.28. The molecule has 0 saturated carbocycles. The van der Waals surface area contributed by atoms with E-state index in [1.165, 1.54) is 37.6 Å². The summed E-state index contributed by atoms with van der Waals surface area (Å²) in [5, 5.41) is 13.1. The van der Waals surface area contributed by atoms with Gasteiger partial charge in [-0.15, -0.1) is 0 Å². The van der Waals surface area contributed by atoms with Crippen molar-refractivity contribution in [3.05, 3.63) is 57.4 Å². The number of rotatable bonds is 6. The van der Waals surface area contributed by atoms with Crippen molar-refractivity contribution in [1.82, 2.24) is 4.98 Å². The van der Waals surface area contributed by atoms with E-state index < -0.39 is 23.4 Å². The van der Waals surface area contributed by atoms with Gasteiger partial charge in [0.1, 0.15) is 10.9 Å². The molecule has 1 N–H and O–H groups in total. The average Bonchev–Trinajstić information content (AvgIpc) is 2.60. The van der Waals surface area contributed by atoms with Crippen molar-refractivity contribution >= 4 is 34.9 Å². The Bertz CT molecular complexity index is 827. The summed E-state index contributed by atoms with van der Waals surface area (Å²) in [5.74, 6) is -1.30. The first-order valence-corrected chi connectivity index (χ1v) is 7.20. The van der Waals surface area contributed by atoms with Crippen molar-refractivity contribution in [3.8, 4) is 5.75 Å². The molecule has 1 aromatic carbocycles. The fourth-order valence-corrected chi connectivity index (χ4v) is 2.04. The van der Waals surface area contributed by atoms with E-state index >= 15 is 0 Å². The summed E-state index contributed by atoms with van der Waals surface area (Å²) < 4.78 is 9.86. The number of nitrogens with zero attached hydrogens (tertiary/aromatic N) is 2. The minimum absolute atomic E-state index is 0.0184. The predicted molar refractivity (Wildman–Crippen MR) is 87.8 cm³/mol. The lowest BCUT2D eigenvalue weighted by Crippen LogP contribution is -2.21. The molecule has 2 aromatic rings. The Kier molecular flexibility index (Phi) is 5.85. The van der Waals surface area contributed by atoms with Gasteiger partial charge >= 0.3 is 5.97 Å². The van der Waals surface area contributed by atoms with E-state index in [4.69, 9.17) is 21.1 Å². The lowest BCUT2D eigenvalue weighted by molar-refractivity contribution is -0.384. The SMILES string of the molecule is COc1ccc([N+](=O)[O-])cc1NC(=O)COC(=O)c1cccnc1Cl. The Labute approximate surface area is 146 Å². The van der Waals surface area contributed by atoms with Crippen molar-refractivity contribution in [3.63, 3.8) is 0 Å². The van der Waals surface area contributed by atoms with Gasteiger partial charge in [0.25, 0.3) is 11.6 Å². The zero-order chi connectivity index (χ0) is 18.4. The van der Waals surface area contributed by atoms with Crippen LogP contribution in [0.2, 0.25) is 5.15 Å². The van der Waals surface area contributed by atoms with E-state index in [1.807, 2.05) is 0 Å². The molecule has 0 aliphatic heterocycles. The molecule has 130 valence electrons. The number of hydrogen-bond donors (Lipinski definition) is 1. The number of amides is 1. The number of nitrogens with one attached hydrogen (secondary N) is 1. The van der Waals surface area contributed by atoms with Crippen LogP contribution in [-0.2, 0) is 9.53 Å². The molecule has 0 bridgehead atoms. The molecule has 0 aliphatic carbocycles. The molecule has 25 heavy (non-hydrogen) atoms. The fraction of sp³-hybridized carbons (Fsp3) is 0.133. The number of aromatic nitrogens is 1. The number of carbonyl (C=O) groups is 2. The van der Waals surface area contributed by atoms with Gasteiger partial charge in [-0.1, -0.05) is 11.6 Å². The van der Waals surface area contributed by atoms with Crippen LogP contribution < -0.4 is 10.1 Å². The Morgan fingerprint density at radius 2 is 2.12 bits per heavy atom. The van der Waals surface area contributed by atoms with Crippen molar-refractivity contribution < 1.29 is 24.0 Å². The Morgan fingerprint density at radius 3 is 2.76 bits per heavy atom. The van der Waals surface area contributed by atoms with E-state index in [0.29, 0.717) is 0 Å². The number of ether oxygens (including phenoxy) is 2. The molecule has 9 nitrogen and oxygen atoms in total. The van der Waals surface area contributed by atoms with Crippen LogP contribution in [0.5, 0.6) is 5.75 Å². The zero-order valence-corrected chi connectivity index (χ0v) is 13.6. The number of esters is 1. The maximum Gasteiger partial charge on any atom is 0.341 e. The smallest absolute Gasteiger partial charge is 0.341 e. The molecule has 0 radical (unpaired) electrons. The fourth-order valence-electron chi connectivity index (χ4n) is 1.84. The molecular formula is C15H12ClN3O6. The van der Waals surface area contributed by atoms with Crippen LogP contribution in [0, 0.1) is 10.1 Å². The van der Waals surface area contributed by atoms with Gasteiger partial charge in [-0.25, -0.2) is 9.78 Å². The number of nitro groups is 1. The molecule has 0 fully saturated rings. The summed E-state index contributed by atoms with van der Waals surface area (Å²) in [6.07, 6.45) is 1.40. The predicted octanol–water partition coefficient (Wildman–Crippen LogP) is 2.45. The molecule has 1 aromatic heterocycles. The minimum Gasteiger partial charge on any atom is -0.495 e. The molecule has 1 amide bonds. The third-order valence-electron chi connectivity index (χ3n) is 2.98. The van der Waals surface area contributed by atoms with E-state index in [0.717, 1.165) is 6.07 Å². The molecule has 0 unspecified atom stereocenters. The summed E-state index contributed by atoms with van der Waals surface area (Å²) in [4.78, 5) is 37.7. The minimum atomic E-state index is -0.820. The number of pyridine rings is 1. The number of halogens is 1. The summed E-state index contributed by atoms with van der Waals surface area (Å²) in [7, 11) is 1.35. The number of carbonyl (C=O) groups excluding carboxylic acids is 2. The van der Waals surface area contributed by atoms with Crippen LogP contribution in [-0.4, -0.2) is 35.5 Å². The van der Waals surface area contributed by atoms with Crippen molar-refractivity contribution in [2.75, 3.05) is 19.0 Å². The average molecular weight is 366 g/mol. The van der Waals surface area contributed by atoms with Crippen molar-refractivity contribution in [2.24, 2.45) is 0 Å². The second kappa shape index (κ2) is 8.06. The highest BCUT2D eigenvalue weighted by molar-refractivity contribution is 6.32. The summed E-state index contributed by atoms with van der Waals surface area (Å²) >= 11 is 5.76. The van der Waals surface area contributed by atoms with Gasteiger partial charge in [-0.3, -0.25) is 14.9 Å². The summed E-state index contributed by atoms with van der Waals surface area (Å²) in [5.41, 5.74) is -0.128. The standard InChI is InChI=1S/C15H12ClN3O6/c1-24-12-5-4-9(19(22)23)7-11(12)18-13(20)8-25-15(21)10-3-2-6-17-14(10)16/h2-7H,8H2,1H3,(H,18,20). The lowest BCUT2D eigenvalue weighted by atomic mass is 10.2. The first-order chi connectivity index (χ1) is 11.9. The van der Waals surface area contributed by atoms with Crippen LogP contribution >= 0.6 is 11.6 Å². The molecule has 0 atom stereocenters. The maximum absolute atomic E-state index is 11.9. The molecule has 1 heterocycles. The lowest BCUT2D eigenvalue weighted by Gasteiger charge is -2.10. The van der Waals surface area contributed by atoms with Crippen LogP contribution in [0.25, 0.3) is 0 Å². The van der Waals surface area contributed by atoms with Gasteiger partial charge < -0.3 is 14.8 Å². The first-order valence-electron chi connectivity index (χ1n) is 6.82. The number of non-ortho nitro benzene ring substituents is 1. The highest BCUT2D eigenvalue weighted by Gasteiger charge is 2.17. The number of nitro benzene ring substituents is 1. The van der Waals surface area contributed by atoms with Crippen LogP contribution in [0.4, 0.5) is 11.4 Å². The Balaban J connectivity index is 2.03. The number of hydrogen-bond acceptors (Lipinski definition) is 7. The normalized spacial score (nSPS) is 10.0. The van der Waals surface area contributed by atoms with Crippen LogP contribution in [0.1, 0.15) is 10.4 Å². The van der Waals surface area contributed by atoms with E-state index in [1.54, 1.807) is 0 Å². The summed E-state index contributed by atoms with van der Waals surface area (Å²) in [6, 6.07) is 6.61. The monoisotopic (exact) mass is 365 g/mol. The van der Waals surface area contributed by atoms with Gasteiger partial charge in [-0.2, -0.15) is 0 Å². The molecule has 0 aliphatic rings. The van der Waals surface area contributed by atoms with E-state index in [2.05, 4.69) is 10.3 Å². The molecular weight excluding hydrogens is 354 g/mol.